The van der Waals surface area contributed by atoms with Gasteiger partial charge in [0.15, 0.2) is 5.79 Å². The standard InChI is InChI=1S/C26H32F3N3O4/c1-18-22(30-10-12-34-13-11-30)19(2)32(17-20-4-3-5-21(16-20)26(27,28)29)23(18)24(33)31-8-6-25(7-9-31)35-14-15-36-25/h3-5,16H,6-15,17H2,1-2H3. The number of carbonyl (C=O) groups is 1. The fourth-order valence-electron chi connectivity index (χ4n) is 5.62. The molecule has 0 bridgehead atoms. The lowest BCUT2D eigenvalue weighted by Crippen LogP contribution is -2.47. The summed E-state index contributed by atoms with van der Waals surface area (Å²) in [6, 6.07) is 5.32. The number of alkyl halides is 3. The second-order valence-electron chi connectivity index (χ2n) is 9.69. The van der Waals surface area contributed by atoms with Crippen LogP contribution in [0.5, 0.6) is 0 Å². The van der Waals surface area contributed by atoms with Crippen molar-refractivity contribution in [1.29, 1.82) is 0 Å². The van der Waals surface area contributed by atoms with Gasteiger partial charge in [0.25, 0.3) is 5.91 Å². The summed E-state index contributed by atoms with van der Waals surface area (Å²) in [4.78, 5) is 17.9. The summed E-state index contributed by atoms with van der Waals surface area (Å²) in [7, 11) is 0. The van der Waals surface area contributed by atoms with Gasteiger partial charge >= 0.3 is 6.18 Å². The number of ether oxygens (including phenoxy) is 3. The molecule has 1 amide bonds. The summed E-state index contributed by atoms with van der Waals surface area (Å²) in [5.74, 6) is -0.712. The average molecular weight is 508 g/mol. The number of hydrogen-bond acceptors (Lipinski definition) is 5. The Morgan fingerprint density at radius 1 is 1.00 bits per heavy atom. The molecular formula is C26H32F3N3O4. The van der Waals surface area contributed by atoms with E-state index >= 15 is 0 Å². The van der Waals surface area contributed by atoms with Gasteiger partial charge in [-0.2, -0.15) is 13.2 Å². The first-order chi connectivity index (χ1) is 17.2. The zero-order valence-electron chi connectivity index (χ0n) is 20.7. The van der Waals surface area contributed by atoms with Gasteiger partial charge in [-0.15, -0.1) is 0 Å². The summed E-state index contributed by atoms with van der Waals surface area (Å²) in [5, 5.41) is 0. The van der Waals surface area contributed by atoms with E-state index < -0.39 is 17.5 Å². The topological polar surface area (TPSA) is 56.2 Å². The highest BCUT2D eigenvalue weighted by Crippen LogP contribution is 2.36. The lowest BCUT2D eigenvalue weighted by atomic mass is 10.0. The lowest BCUT2D eigenvalue weighted by molar-refractivity contribution is -0.181. The molecule has 1 aromatic carbocycles. The monoisotopic (exact) mass is 507 g/mol. The summed E-state index contributed by atoms with van der Waals surface area (Å²) in [6.07, 6.45) is -3.23. The molecule has 0 radical (unpaired) electrons. The number of amides is 1. The Kier molecular flexibility index (Phi) is 6.78. The molecule has 2 aromatic rings. The number of piperidine rings is 1. The van der Waals surface area contributed by atoms with Crippen LogP contribution in [0.4, 0.5) is 18.9 Å². The molecule has 3 aliphatic rings. The van der Waals surface area contributed by atoms with Crippen LogP contribution in [-0.4, -0.2) is 73.8 Å². The molecule has 0 unspecified atom stereocenters. The Morgan fingerprint density at radius 2 is 1.67 bits per heavy atom. The van der Waals surface area contributed by atoms with Crippen LogP contribution in [0.1, 0.15) is 45.7 Å². The number of carbonyl (C=O) groups excluding carboxylic acids is 1. The molecule has 3 saturated heterocycles. The number of aromatic nitrogens is 1. The van der Waals surface area contributed by atoms with Crippen LogP contribution >= 0.6 is 0 Å². The second-order valence-corrected chi connectivity index (χ2v) is 9.69. The molecule has 196 valence electrons. The Balaban J connectivity index is 1.49. The van der Waals surface area contributed by atoms with Crippen molar-refractivity contribution >= 4 is 11.6 Å². The maximum Gasteiger partial charge on any atom is 0.416 e. The molecule has 0 saturated carbocycles. The van der Waals surface area contributed by atoms with Crippen molar-refractivity contribution in [2.45, 2.75) is 45.2 Å². The smallest absolute Gasteiger partial charge is 0.378 e. The predicted octanol–water partition coefficient (Wildman–Crippen LogP) is 3.99. The number of halogens is 3. The normalized spacial score (nSPS) is 20.4. The number of morpholine rings is 1. The molecule has 36 heavy (non-hydrogen) atoms. The molecule has 10 heteroatoms. The van der Waals surface area contributed by atoms with Gasteiger partial charge in [-0.25, -0.2) is 0 Å². The van der Waals surface area contributed by atoms with E-state index in [1.807, 2.05) is 23.3 Å². The third kappa shape index (κ3) is 4.73. The SMILES string of the molecule is Cc1c(N2CCOCC2)c(C)n(Cc2cccc(C(F)(F)F)c2)c1C(=O)N1CCC2(CC1)OCCO2. The highest BCUT2D eigenvalue weighted by Gasteiger charge is 2.42. The van der Waals surface area contributed by atoms with E-state index in [9.17, 15) is 18.0 Å². The van der Waals surface area contributed by atoms with Crippen LogP contribution in [0.2, 0.25) is 0 Å². The van der Waals surface area contributed by atoms with Crippen LogP contribution < -0.4 is 4.90 Å². The van der Waals surface area contributed by atoms with E-state index in [4.69, 9.17) is 14.2 Å². The summed E-state index contributed by atoms with van der Waals surface area (Å²) in [6.45, 7) is 8.75. The number of benzene rings is 1. The van der Waals surface area contributed by atoms with Crippen molar-refractivity contribution in [2.24, 2.45) is 0 Å². The van der Waals surface area contributed by atoms with Gasteiger partial charge in [-0.1, -0.05) is 12.1 Å². The Hall–Kier alpha value is -2.56. The summed E-state index contributed by atoms with van der Waals surface area (Å²) >= 11 is 0. The van der Waals surface area contributed by atoms with Gasteiger partial charge in [-0.3, -0.25) is 4.79 Å². The van der Waals surface area contributed by atoms with Gasteiger partial charge in [-0.05, 0) is 31.5 Å². The predicted molar refractivity (Wildman–Crippen MR) is 127 cm³/mol. The van der Waals surface area contributed by atoms with Gasteiger partial charge < -0.3 is 28.6 Å². The highest BCUT2D eigenvalue weighted by atomic mass is 19.4. The van der Waals surface area contributed by atoms with Gasteiger partial charge in [0.1, 0.15) is 5.69 Å². The summed E-state index contributed by atoms with van der Waals surface area (Å²) in [5.41, 5.74) is 3.00. The van der Waals surface area contributed by atoms with E-state index in [-0.39, 0.29) is 12.5 Å². The van der Waals surface area contributed by atoms with Crippen LogP contribution in [0.15, 0.2) is 24.3 Å². The molecule has 1 aromatic heterocycles. The first-order valence-corrected chi connectivity index (χ1v) is 12.4. The van der Waals surface area contributed by atoms with Crippen molar-refractivity contribution in [2.75, 3.05) is 57.5 Å². The molecule has 0 aliphatic carbocycles. The first-order valence-electron chi connectivity index (χ1n) is 12.4. The maximum absolute atomic E-state index is 13.9. The Bertz CT molecular complexity index is 1110. The van der Waals surface area contributed by atoms with Crippen molar-refractivity contribution in [3.05, 3.63) is 52.3 Å². The third-order valence-electron chi connectivity index (χ3n) is 7.48. The van der Waals surface area contributed by atoms with Crippen molar-refractivity contribution in [3.63, 3.8) is 0 Å². The summed E-state index contributed by atoms with van der Waals surface area (Å²) < 4.78 is 59.1. The highest BCUT2D eigenvalue weighted by molar-refractivity contribution is 5.96. The largest absolute Gasteiger partial charge is 0.416 e. The molecule has 5 rings (SSSR count). The number of rotatable bonds is 4. The molecule has 0 atom stereocenters. The van der Waals surface area contributed by atoms with E-state index in [0.29, 0.717) is 76.7 Å². The van der Waals surface area contributed by atoms with Crippen LogP contribution in [0, 0.1) is 13.8 Å². The zero-order valence-corrected chi connectivity index (χ0v) is 20.7. The molecular weight excluding hydrogens is 475 g/mol. The molecule has 0 N–H and O–H groups in total. The average Bonchev–Trinajstić information content (AvgIpc) is 3.41. The van der Waals surface area contributed by atoms with E-state index in [2.05, 4.69) is 4.90 Å². The van der Waals surface area contributed by atoms with Crippen LogP contribution in [0.25, 0.3) is 0 Å². The van der Waals surface area contributed by atoms with Crippen LogP contribution in [0.3, 0.4) is 0 Å². The van der Waals surface area contributed by atoms with Crippen molar-refractivity contribution in [3.8, 4) is 0 Å². The maximum atomic E-state index is 13.9. The van der Waals surface area contributed by atoms with E-state index in [0.717, 1.165) is 29.1 Å². The molecule has 1 spiro atoms. The molecule has 4 heterocycles. The molecule has 3 aliphatic heterocycles. The number of nitrogens with zero attached hydrogens (tertiary/aromatic N) is 3. The van der Waals surface area contributed by atoms with E-state index in [1.54, 1.807) is 6.07 Å². The third-order valence-corrected chi connectivity index (χ3v) is 7.48. The van der Waals surface area contributed by atoms with Crippen molar-refractivity contribution in [1.82, 2.24) is 9.47 Å². The number of hydrogen-bond donors (Lipinski definition) is 0. The van der Waals surface area contributed by atoms with Gasteiger partial charge in [0.2, 0.25) is 0 Å². The van der Waals surface area contributed by atoms with Gasteiger partial charge in [0.05, 0.1) is 37.7 Å². The fraction of sp³-hybridized carbons (Fsp3) is 0.577. The number of anilines is 1. The van der Waals surface area contributed by atoms with E-state index in [1.165, 1.54) is 6.07 Å². The molecule has 3 fully saturated rings. The first kappa shape index (κ1) is 25.1. The quantitative estimate of drug-likeness (QED) is 0.627. The Morgan fingerprint density at radius 3 is 2.31 bits per heavy atom. The minimum Gasteiger partial charge on any atom is -0.378 e. The minimum absolute atomic E-state index is 0.116. The minimum atomic E-state index is -4.43. The second kappa shape index (κ2) is 9.72. The van der Waals surface area contributed by atoms with Crippen molar-refractivity contribution < 1.29 is 32.2 Å². The Labute approximate surface area is 208 Å². The fourth-order valence-corrected chi connectivity index (χ4v) is 5.62. The van der Waals surface area contributed by atoms with Gasteiger partial charge in [0, 0.05) is 56.8 Å². The number of likely N-dealkylation sites (tertiary alicyclic amines) is 1. The zero-order chi connectivity index (χ0) is 25.5. The molecule has 7 nitrogen and oxygen atoms in total. The van der Waals surface area contributed by atoms with Crippen LogP contribution in [-0.2, 0) is 26.9 Å². The lowest BCUT2D eigenvalue weighted by Gasteiger charge is -2.37.